The van der Waals surface area contributed by atoms with Crippen LogP contribution < -0.4 is 48.8 Å². The summed E-state index contributed by atoms with van der Waals surface area (Å²) in [6, 6.07) is 6.36. The maximum atomic E-state index is 13.8. The SMILES string of the molecule is COc1cc(NC(=O)[C@H]2Oc3cc(C)oc(=O)c3[C@H]2c2cc(OC)c3c(c2OC)OCO3)cc(OC)c1OC. The fraction of sp³-hybridized carbons (Fsp3) is 0.333. The number of aryl methyl sites for hydroxylation is 1. The molecule has 12 nitrogen and oxygen atoms in total. The number of carbonyl (C=O) groups excluding carboxylic acids is 1. The molecule has 2 aromatic carbocycles. The number of hydrogen-bond acceptors (Lipinski definition) is 11. The third-order valence-electron chi connectivity index (χ3n) is 6.48. The van der Waals surface area contributed by atoms with Crippen LogP contribution in [0.2, 0.25) is 0 Å². The number of nitrogens with one attached hydrogen (secondary N) is 1. The van der Waals surface area contributed by atoms with E-state index in [9.17, 15) is 9.59 Å². The van der Waals surface area contributed by atoms with Gasteiger partial charge in [0.15, 0.2) is 29.1 Å². The highest BCUT2D eigenvalue weighted by atomic mass is 16.7. The first kappa shape index (κ1) is 25.9. The lowest BCUT2D eigenvalue weighted by Gasteiger charge is -2.22. The minimum Gasteiger partial charge on any atom is -0.493 e. The van der Waals surface area contributed by atoms with Gasteiger partial charge in [0.2, 0.25) is 24.0 Å². The van der Waals surface area contributed by atoms with E-state index in [1.807, 2.05) is 0 Å². The monoisotopic (exact) mass is 541 g/mol. The lowest BCUT2D eigenvalue weighted by molar-refractivity contribution is -0.122. The number of rotatable bonds is 8. The van der Waals surface area contributed by atoms with Crippen LogP contribution in [0.4, 0.5) is 5.69 Å². The lowest BCUT2D eigenvalue weighted by atomic mass is 9.87. The summed E-state index contributed by atoms with van der Waals surface area (Å²) in [5, 5.41) is 2.83. The Labute approximate surface area is 223 Å². The molecule has 2 aliphatic rings. The Morgan fingerprint density at radius 3 is 2.10 bits per heavy atom. The van der Waals surface area contributed by atoms with Gasteiger partial charge in [-0.25, -0.2) is 4.79 Å². The van der Waals surface area contributed by atoms with Gasteiger partial charge in [0.1, 0.15) is 11.5 Å². The number of hydrogen-bond donors (Lipinski definition) is 1. The molecule has 1 N–H and O–H groups in total. The van der Waals surface area contributed by atoms with Gasteiger partial charge in [-0.1, -0.05) is 0 Å². The highest BCUT2D eigenvalue weighted by Gasteiger charge is 2.46. The predicted molar refractivity (Wildman–Crippen MR) is 136 cm³/mol. The lowest BCUT2D eigenvalue weighted by Crippen LogP contribution is -2.35. The Kier molecular flexibility index (Phi) is 6.77. The molecule has 2 atom stereocenters. The molecule has 0 saturated heterocycles. The fourth-order valence-electron chi connectivity index (χ4n) is 4.84. The van der Waals surface area contributed by atoms with Crippen molar-refractivity contribution in [1.82, 2.24) is 0 Å². The van der Waals surface area contributed by atoms with Crippen molar-refractivity contribution in [3.05, 3.63) is 51.6 Å². The van der Waals surface area contributed by atoms with E-state index in [0.717, 1.165) is 0 Å². The first-order chi connectivity index (χ1) is 18.8. The summed E-state index contributed by atoms with van der Waals surface area (Å²) in [4.78, 5) is 26.9. The molecular weight excluding hydrogens is 514 g/mol. The molecule has 0 aliphatic carbocycles. The minimum atomic E-state index is -1.21. The van der Waals surface area contributed by atoms with Crippen LogP contribution in [0.25, 0.3) is 0 Å². The topological polar surface area (TPSA) is 133 Å². The van der Waals surface area contributed by atoms with Crippen molar-refractivity contribution < 1.29 is 47.1 Å². The smallest absolute Gasteiger partial charge is 0.343 e. The Morgan fingerprint density at radius 1 is 0.846 bits per heavy atom. The molecule has 0 radical (unpaired) electrons. The van der Waals surface area contributed by atoms with Crippen LogP contribution in [0.15, 0.2) is 33.5 Å². The summed E-state index contributed by atoms with van der Waals surface area (Å²) in [6.45, 7) is 1.57. The van der Waals surface area contributed by atoms with Crippen molar-refractivity contribution in [2.24, 2.45) is 0 Å². The van der Waals surface area contributed by atoms with Gasteiger partial charge in [0.05, 0.1) is 47.0 Å². The second kappa shape index (κ2) is 10.2. The maximum Gasteiger partial charge on any atom is 0.343 e. The zero-order chi connectivity index (χ0) is 27.8. The molecule has 5 rings (SSSR count). The molecule has 12 heteroatoms. The maximum absolute atomic E-state index is 13.8. The number of carbonyl (C=O) groups is 1. The van der Waals surface area contributed by atoms with Gasteiger partial charge < -0.3 is 47.6 Å². The van der Waals surface area contributed by atoms with E-state index in [1.54, 1.807) is 31.2 Å². The van der Waals surface area contributed by atoms with E-state index >= 15 is 0 Å². The van der Waals surface area contributed by atoms with E-state index in [1.165, 1.54) is 35.5 Å². The van der Waals surface area contributed by atoms with Gasteiger partial charge in [0.25, 0.3) is 5.91 Å². The van der Waals surface area contributed by atoms with Crippen LogP contribution in [0.5, 0.6) is 46.0 Å². The van der Waals surface area contributed by atoms with E-state index in [0.29, 0.717) is 51.5 Å². The fourth-order valence-corrected chi connectivity index (χ4v) is 4.84. The molecule has 0 spiro atoms. The van der Waals surface area contributed by atoms with Gasteiger partial charge in [0, 0.05) is 29.4 Å². The number of ether oxygens (including phenoxy) is 8. The van der Waals surface area contributed by atoms with Crippen LogP contribution in [-0.4, -0.2) is 54.4 Å². The van der Waals surface area contributed by atoms with E-state index in [4.69, 9.17) is 42.3 Å². The van der Waals surface area contributed by atoms with Crippen LogP contribution in [0.1, 0.15) is 22.8 Å². The molecule has 39 heavy (non-hydrogen) atoms. The standard InChI is InChI=1S/C27H27NO11/c1-12-7-15-20(27(30)38-12)19(14-10-18(33-4)23-25(21(14)34-5)37-11-36-23)24(39-15)26(29)28-13-8-16(31-2)22(35-6)17(9-13)32-3/h7-10,19,24H,11H2,1-6H3,(H,28,29)/t19-,24+/m1/s1. The van der Waals surface area contributed by atoms with Crippen molar-refractivity contribution in [1.29, 1.82) is 0 Å². The summed E-state index contributed by atoms with van der Waals surface area (Å²) in [6.07, 6.45) is -1.21. The average molecular weight is 542 g/mol. The summed E-state index contributed by atoms with van der Waals surface area (Å²) in [7, 11) is 7.34. The number of fused-ring (bicyclic) bond motifs is 2. The molecular formula is C27H27NO11. The highest BCUT2D eigenvalue weighted by Crippen LogP contribution is 2.54. The molecule has 0 fully saturated rings. The quantitative estimate of drug-likeness (QED) is 0.451. The van der Waals surface area contributed by atoms with Crippen molar-refractivity contribution in [2.75, 3.05) is 47.7 Å². The van der Waals surface area contributed by atoms with Crippen LogP contribution >= 0.6 is 0 Å². The Bertz CT molecular complexity index is 1470. The zero-order valence-electron chi connectivity index (χ0n) is 22.2. The van der Waals surface area contributed by atoms with Crippen LogP contribution in [0, 0.1) is 6.92 Å². The first-order valence-corrected chi connectivity index (χ1v) is 11.8. The molecule has 3 aromatic rings. The van der Waals surface area contributed by atoms with E-state index < -0.39 is 23.6 Å². The van der Waals surface area contributed by atoms with Crippen LogP contribution in [0.3, 0.4) is 0 Å². The minimum absolute atomic E-state index is 0.0460. The van der Waals surface area contributed by atoms with Gasteiger partial charge in [-0.3, -0.25) is 4.79 Å². The Balaban J connectivity index is 1.63. The molecule has 1 aromatic heterocycles. The number of methoxy groups -OCH3 is 5. The second-order valence-electron chi connectivity index (χ2n) is 8.61. The van der Waals surface area contributed by atoms with E-state index in [-0.39, 0.29) is 23.9 Å². The van der Waals surface area contributed by atoms with Gasteiger partial charge in [-0.2, -0.15) is 0 Å². The second-order valence-corrected chi connectivity index (χ2v) is 8.61. The molecule has 0 unspecified atom stereocenters. The van der Waals surface area contributed by atoms with Crippen molar-refractivity contribution in [3.8, 4) is 46.0 Å². The normalized spacial score (nSPS) is 16.7. The highest BCUT2D eigenvalue weighted by molar-refractivity contribution is 5.97. The summed E-state index contributed by atoms with van der Waals surface area (Å²) in [5.41, 5.74) is 0.284. The number of benzene rings is 2. The molecule has 3 heterocycles. The largest absolute Gasteiger partial charge is 0.493 e. The first-order valence-electron chi connectivity index (χ1n) is 11.8. The molecule has 2 aliphatic heterocycles. The third-order valence-corrected chi connectivity index (χ3v) is 6.48. The summed E-state index contributed by atoms with van der Waals surface area (Å²) < 4.78 is 50.0. The van der Waals surface area contributed by atoms with Gasteiger partial charge >= 0.3 is 5.63 Å². The zero-order valence-corrected chi connectivity index (χ0v) is 22.2. The van der Waals surface area contributed by atoms with Crippen molar-refractivity contribution in [2.45, 2.75) is 18.9 Å². The van der Waals surface area contributed by atoms with Crippen molar-refractivity contribution in [3.63, 3.8) is 0 Å². The van der Waals surface area contributed by atoms with E-state index in [2.05, 4.69) is 5.32 Å². The molecule has 206 valence electrons. The molecule has 1 amide bonds. The van der Waals surface area contributed by atoms with Gasteiger partial charge in [-0.15, -0.1) is 0 Å². The number of anilines is 1. The van der Waals surface area contributed by atoms with Gasteiger partial charge in [-0.05, 0) is 13.0 Å². The third kappa shape index (κ3) is 4.27. The number of amides is 1. The van der Waals surface area contributed by atoms with Crippen molar-refractivity contribution >= 4 is 11.6 Å². The Morgan fingerprint density at radius 2 is 1.49 bits per heavy atom. The molecule has 0 saturated carbocycles. The Hall–Kier alpha value is -4.74. The predicted octanol–water partition coefficient (Wildman–Crippen LogP) is 3.25. The average Bonchev–Trinajstić information content (AvgIpc) is 3.57. The summed E-state index contributed by atoms with van der Waals surface area (Å²) in [5.74, 6) is 1.37. The summed E-state index contributed by atoms with van der Waals surface area (Å²) >= 11 is 0. The van der Waals surface area contributed by atoms with Crippen LogP contribution in [-0.2, 0) is 4.79 Å². The molecule has 0 bridgehead atoms.